The molecular weight excluding hydrogens is 526 g/mol. The second-order valence-corrected chi connectivity index (χ2v) is 10.6. The first-order valence-electron chi connectivity index (χ1n) is 14.2. The highest BCUT2D eigenvalue weighted by Gasteiger charge is 2.28. The minimum atomic E-state index is -0.186. The predicted octanol–water partition coefficient (Wildman–Crippen LogP) is 4.17. The molecule has 4 aromatic carbocycles. The van der Waals surface area contributed by atoms with Crippen molar-refractivity contribution in [2.75, 3.05) is 20.2 Å². The number of hydrogen-bond acceptors (Lipinski definition) is 5. The third kappa shape index (κ3) is 5.51. The topological polar surface area (TPSA) is 121 Å². The minimum Gasteiger partial charge on any atom is -0.496 e. The van der Waals surface area contributed by atoms with Gasteiger partial charge in [-0.15, -0.1) is 0 Å². The molecule has 6 rings (SSSR count). The van der Waals surface area contributed by atoms with E-state index in [1.165, 1.54) is 10.9 Å². The average molecular weight is 562 g/mol. The molecule has 0 bridgehead atoms. The number of nitrogens with one attached hydrogen (secondary N) is 3. The van der Waals surface area contributed by atoms with E-state index in [0.29, 0.717) is 31.9 Å². The number of guanidine groups is 1. The van der Waals surface area contributed by atoms with E-state index >= 15 is 0 Å². The number of carbonyl (C=O) groups is 1. The van der Waals surface area contributed by atoms with E-state index in [2.05, 4.69) is 58.0 Å². The summed E-state index contributed by atoms with van der Waals surface area (Å²) in [5.41, 5.74) is 10.2. The van der Waals surface area contributed by atoms with Crippen molar-refractivity contribution in [1.29, 1.82) is 5.41 Å². The average Bonchev–Trinajstić information content (AvgIpc) is 3.37. The molecule has 1 aliphatic heterocycles. The number of amides is 1. The molecular formula is C33H35N7O2. The number of ether oxygens (including phenoxy) is 1. The Kier molecular flexibility index (Phi) is 7.74. The van der Waals surface area contributed by atoms with Gasteiger partial charge in [-0.25, -0.2) is 0 Å². The van der Waals surface area contributed by atoms with E-state index in [-0.39, 0.29) is 11.9 Å². The number of aromatic nitrogens is 2. The molecule has 5 N–H and O–H groups in total. The van der Waals surface area contributed by atoms with Crippen molar-refractivity contribution in [1.82, 2.24) is 25.3 Å². The number of nitrogens with zero attached hydrogens (tertiary/aromatic N) is 3. The lowest BCUT2D eigenvalue weighted by molar-refractivity contribution is 0.0943. The number of nitrogens with two attached hydrogens (primary N) is 1. The number of methoxy groups -OCH3 is 1. The zero-order valence-corrected chi connectivity index (χ0v) is 23.7. The van der Waals surface area contributed by atoms with Crippen LogP contribution in [-0.2, 0) is 32.6 Å². The van der Waals surface area contributed by atoms with Gasteiger partial charge in [-0.05, 0) is 33.4 Å². The highest BCUT2D eigenvalue weighted by atomic mass is 16.5. The van der Waals surface area contributed by atoms with E-state index in [1.807, 2.05) is 41.1 Å². The van der Waals surface area contributed by atoms with Crippen LogP contribution < -0.4 is 21.1 Å². The van der Waals surface area contributed by atoms with Gasteiger partial charge in [0.2, 0.25) is 0 Å². The quantitative estimate of drug-likeness (QED) is 0.158. The predicted molar refractivity (Wildman–Crippen MR) is 166 cm³/mol. The molecule has 0 unspecified atom stereocenters. The van der Waals surface area contributed by atoms with Gasteiger partial charge in [0.1, 0.15) is 5.75 Å². The third-order valence-corrected chi connectivity index (χ3v) is 7.97. The Bertz CT molecular complexity index is 1770. The van der Waals surface area contributed by atoms with E-state index in [0.717, 1.165) is 58.2 Å². The normalized spacial score (nSPS) is 13.2. The van der Waals surface area contributed by atoms with Crippen molar-refractivity contribution < 1.29 is 9.53 Å². The highest BCUT2D eigenvalue weighted by molar-refractivity contribution is 5.95. The van der Waals surface area contributed by atoms with Gasteiger partial charge in [0, 0.05) is 55.8 Å². The first kappa shape index (κ1) is 27.3. The standard InChI is InChI=1S/C33H35N7O2/c1-42-30-14-13-24(26-11-4-5-12-27(26)30)20-39-17-15-29-28(21-39)31(38-40(29)18-16-36-33(34)35)32(41)37-19-23-9-6-8-22-7-2-3-10-25(22)23/h2-14H,15-21H2,1H3,(H,37,41)(H4,34,35,36). The van der Waals surface area contributed by atoms with Crippen molar-refractivity contribution in [2.45, 2.75) is 32.6 Å². The van der Waals surface area contributed by atoms with Crippen LogP contribution in [0, 0.1) is 5.41 Å². The maximum absolute atomic E-state index is 13.6. The largest absolute Gasteiger partial charge is 0.496 e. The van der Waals surface area contributed by atoms with Crippen molar-refractivity contribution in [3.63, 3.8) is 0 Å². The SMILES string of the molecule is COc1ccc(CN2CCc3c(c(C(=O)NCc4cccc5ccccc45)nn3CCNC(=N)N)C2)c2ccccc12. The molecule has 1 aromatic heterocycles. The lowest BCUT2D eigenvalue weighted by Crippen LogP contribution is -2.34. The molecule has 1 aliphatic rings. The monoisotopic (exact) mass is 561 g/mol. The summed E-state index contributed by atoms with van der Waals surface area (Å²) in [6.45, 7) is 3.60. The second-order valence-electron chi connectivity index (χ2n) is 10.6. The molecule has 0 fully saturated rings. The highest BCUT2D eigenvalue weighted by Crippen LogP contribution is 2.31. The van der Waals surface area contributed by atoms with Crippen LogP contribution in [0.2, 0.25) is 0 Å². The first-order chi connectivity index (χ1) is 20.5. The number of fused-ring (bicyclic) bond motifs is 3. The maximum Gasteiger partial charge on any atom is 0.272 e. The lowest BCUT2D eigenvalue weighted by atomic mass is 10.0. The first-order valence-corrected chi connectivity index (χ1v) is 14.2. The lowest BCUT2D eigenvalue weighted by Gasteiger charge is -2.28. The van der Waals surface area contributed by atoms with Gasteiger partial charge in [0.25, 0.3) is 5.91 Å². The molecule has 9 nitrogen and oxygen atoms in total. The Labute approximate surface area is 244 Å². The number of rotatable bonds is 9. The number of benzene rings is 4. The van der Waals surface area contributed by atoms with E-state index in [9.17, 15) is 4.79 Å². The van der Waals surface area contributed by atoms with Crippen LogP contribution >= 0.6 is 0 Å². The molecule has 2 heterocycles. The van der Waals surface area contributed by atoms with E-state index < -0.39 is 0 Å². The van der Waals surface area contributed by atoms with E-state index in [4.69, 9.17) is 21.0 Å². The zero-order chi connectivity index (χ0) is 29.1. The van der Waals surface area contributed by atoms with Gasteiger partial charge in [0.15, 0.2) is 11.7 Å². The maximum atomic E-state index is 13.6. The van der Waals surface area contributed by atoms with Gasteiger partial charge in [-0.2, -0.15) is 5.10 Å². The summed E-state index contributed by atoms with van der Waals surface area (Å²) in [6.07, 6.45) is 0.771. The summed E-state index contributed by atoms with van der Waals surface area (Å²) in [4.78, 5) is 16.0. The summed E-state index contributed by atoms with van der Waals surface area (Å²) in [7, 11) is 1.70. The molecule has 0 aliphatic carbocycles. The van der Waals surface area contributed by atoms with Gasteiger partial charge in [-0.1, -0.05) is 72.8 Å². The minimum absolute atomic E-state index is 0.0815. The Balaban J connectivity index is 1.26. The molecule has 0 saturated carbocycles. The van der Waals surface area contributed by atoms with Crippen LogP contribution in [0.15, 0.2) is 78.9 Å². The summed E-state index contributed by atoms with van der Waals surface area (Å²) in [5.74, 6) is 0.594. The third-order valence-electron chi connectivity index (χ3n) is 7.97. The Morgan fingerprint density at radius 1 is 0.952 bits per heavy atom. The smallest absolute Gasteiger partial charge is 0.272 e. The van der Waals surface area contributed by atoms with Crippen LogP contribution in [0.3, 0.4) is 0 Å². The molecule has 0 radical (unpaired) electrons. The summed E-state index contributed by atoms with van der Waals surface area (Å²) in [5, 5.41) is 22.8. The zero-order valence-electron chi connectivity index (χ0n) is 23.7. The van der Waals surface area contributed by atoms with Crippen molar-refractivity contribution in [2.24, 2.45) is 5.73 Å². The fraction of sp³-hybridized carbons (Fsp3) is 0.242. The van der Waals surface area contributed by atoms with Crippen LogP contribution in [0.5, 0.6) is 5.75 Å². The molecule has 5 aromatic rings. The van der Waals surface area contributed by atoms with Gasteiger partial charge in [-0.3, -0.25) is 19.8 Å². The summed E-state index contributed by atoms with van der Waals surface area (Å²) >= 11 is 0. The van der Waals surface area contributed by atoms with Gasteiger partial charge in [0.05, 0.1) is 13.7 Å². The molecule has 9 heteroatoms. The van der Waals surface area contributed by atoms with Gasteiger partial charge >= 0.3 is 0 Å². The fourth-order valence-electron chi connectivity index (χ4n) is 5.94. The molecule has 1 amide bonds. The van der Waals surface area contributed by atoms with Crippen LogP contribution in [0.4, 0.5) is 0 Å². The Morgan fingerprint density at radius 2 is 1.71 bits per heavy atom. The Morgan fingerprint density at radius 3 is 2.52 bits per heavy atom. The summed E-state index contributed by atoms with van der Waals surface area (Å²) in [6, 6.07) is 26.8. The fourth-order valence-corrected chi connectivity index (χ4v) is 5.94. The molecule has 214 valence electrons. The van der Waals surface area contributed by atoms with Crippen LogP contribution in [0.1, 0.15) is 32.9 Å². The molecule has 42 heavy (non-hydrogen) atoms. The van der Waals surface area contributed by atoms with Crippen molar-refractivity contribution >= 4 is 33.4 Å². The Hall–Kier alpha value is -4.89. The number of hydrogen-bond donors (Lipinski definition) is 4. The molecule has 0 saturated heterocycles. The molecule has 0 atom stereocenters. The second kappa shape index (κ2) is 11.9. The van der Waals surface area contributed by atoms with Crippen LogP contribution in [0.25, 0.3) is 21.5 Å². The molecule has 0 spiro atoms. The van der Waals surface area contributed by atoms with Gasteiger partial charge < -0.3 is 21.1 Å². The van der Waals surface area contributed by atoms with Crippen LogP contribution in [-0.4, -0.2) is 46.7 Å². The number of carbonyl (C=O) groups excluding carboxylic acids is 1. The van der Waals surface area contributed by atoms with Crippen molar-refractivity contribution in [3.8, 4) is 5.75 Å². The summed E-state index contributed by atoms with van der Waals surface area (Å²) < 4.78 is 7.50. The van der Waals surface area contributed by atoms with E-state index in [1.54, 1.807) is 7.11 Å². The van der Waals surface area contributed by atoms with Crippen molar-refractivity contribution in [3.05, 3.63) is 107 Å².